The zero-order chi connectivity index (χ0) is 18.6. The summed E-state index contributed by atoms with van der Waals surface area (Å²) in [5, 5.41) is 13.4. The lowest BCUT2D eigenvalue weighted by Gasteiger charge is -2.24. The summed E-state index contributed by atoms with van der Waals surface area (Å²) in [4.78, 5) is 6.34. The van der Waals surface area contributed by atoms with Crippen LogP contribution in [0.15, 0.2) is 30.3 Å². The van der Waals surface area contributed by atoms with E-state index in [4.69, 9.17) is 9.72 Å². The van der Waals surface area contributed by atoms with Crippen molar-refractivity contribution in [2.75, 3.05) is 44.7 Å². The van der Waals surface area contributed by atoms with E-state index in [2.05, 4.69) is 34.8 Å². The highest BCUT2D eigenvalue weighted by molar-refractivity contribution is 5.85. The molecule has 4 rings (SSSR count). The Morgan fingerprint density at radius 3 is 2.89 bits per heavy atom. The summed E-state index contributed by atoms with van der Waals surface area (Å²) in [7, 11) is 0. The molecular formula is C21H26N5O+. The molecule has 1 aliphatic heterocycles. The third-order valence-electron chi connectivity index (χ3n) is 5.27. The molecule has 0 atom stereocenters. The number of fused-ring (bicyclic) bond motifs is 3. The number of benzene rings is 1. The summed E-state index contributed by atoms with van der Waals surface area (Å²) in [6.07, 6.45) is 1.88. The molecule has 1 aliphatic rings. The molecule has 6 heteroatoms. The van der Waals surface area contributed by atoms with Crippen molar-refractivity contribution in [1.29, 1.82) is 5.26 Å². The first-order chi connectivity index (χ1) is 13.3. The van der Waals surface area contributed by atoms with Gasteiger partial charge < -0.3 is 15.0 Å². The standard InChI is InChI=1S/C21H25N5O/c1-2-5-16-14-20(23-8-9-25-10-12-27-13-11-25)26-19-7-4-3-6-18(19)24-21(26)17(16)15-22/h3-4,6-7,14,23H,2,5,8-13H2,1H3/p+1. The van der Waals surface area contributed by atoms with Crippen molar-refractivity contribution in [3.05, 3.63) is 41.5 Å². The second kappa shape index (κ2) is 7.95. The van der Waals surface area contributed by atoms with Gasteiger partial charge in [0.25, 0.3) is 0 Å². The van der Waals surface area contributed by atoms with Crippen molar-refractivity contribution in [3.8, 4) is 6.07 Å². The van der Waals surface area contributed by atoms with Gasteiger partial charge in [-0.25, -0.2) is 4.98 Å². The average Bonchev–Trinajstić information content (AvgIpc) is 3.09. The lowest BCUT2D eigenvalue weighted by molar-refractivity contribution is -0.906. The van der Waals surface area contributed by atoms with Crippen molar-refractivity contribution in [2.45, 2.75) is 19.8 Å². The molecule has 1 aromatic carbocycles. The number of ether oxygens (including phenoxy) is 1. The van der Waals surface area contributed by atoms with Crippen molar-refractivity contribution >= 4 is 22.5 Å². The van der Waals surface area contributed by atoms with Gasteiger partial charge >= 0.3 is 0 Å². The van der Waals surface area contributed by atoms with Gasteiger partial charge in [0.05, 0.1) is 42.9 Å². The Morgan fingerprint density at radius 2 is 2.11 bits per heavy atom. The number of hydrogen-bond acceptors (Lipinski definition) is 4. The van der Waals surface area contributed by atoms with E-state index in [0.29, 0.717) is 5.56 Å². The number of nitrogens with one attached hydrogen (secondary N) is 2. The summed E-state index contributed by atoms with van der Waals surface area (Å²) in [5.74, 6) is 1.02. The number of hydrogen-bond donors (Lipinski definition) is 2. The van der Waals surface area contributed by atoms with Gasteiger partial charge in [-0.1, -0.05) is 25.5 Å². The Labute approximate surface area is 159 Å². The van der Waals surface area contributed by atoms with Crippen molar-refractivity contribution in [3.63, 3.8) is 0 Å². The molecule has 1 fully saturated rings. The number of quaternary nitrogens is 1. The summed E-state index contributed by atoms with van der Waals surface area (Å²) in [6.45, 7) is 7.92. The summed E-state index contributed by atoms with van der Waals surface area (Å²) in [6, 6.07) is 12.6. The predicted octanol–water partition coefficient (Wildman–Crippen LogP) is 1.64. The van der Waals surface area contributed by atoms with Crippen LogP contribution in [0, 0.1) is 11.3 Å². The van der Waals surface area contributed by atoms with E-state index < -0.39 is 0 Å². The predicted molar refractivity (Wildman–Crippen MR) is 106 cm³/mol. The van der Waals surface area contributed by atoms with Crippen molar-refractivity contribution in [2.24, 2.45) is 0 Å². The number of nitriles is 1. The molecule has 0 radical (unpaired) electrons. The van der Waals surface area contributed by atoms with Crippen LogP contribution in [0.5, 0.6) is 0 Å². The maximum absolute atomic E-state index is 9.77. The maximum Gasteiger partial charge on any atom is 0.157 e. The van der Waals surface area contributed by atoms with Crippen LogP contribution in [0.2, 0.25) is 0 Å². The van der Waals surface area contributed by atoms with Crippen LogP contribution in [0.25, 0.3) is 16.7 Å². The van der Waals surface area contributed by atoms with E-state index in [1.807, 2.05) is 18.2 Å². The van der Waals surface area contributed by atoms with Crippen LogP contribution in [0.4, 0.5) is 5.82 Å². The van der Waals surface area contributed by atoms with Crippen molar-refractivity contribution in [1.82, 2.24) is 9.38 Å². The molecule has 27 heavy (non-hydrogen) atoms. The number of aromatic nitrogens is 2. The molecule has 0 spiro atoms. The van der Waals surface area contributed by atoms with Gasteiger partial charge in [0.1, 0.15) is 25.0 Å². The first-order valence-corrected chi connectivity index (χ1v) is 9.80. The first kappa shape index (κ1) is 17.8. The third-order valence-corrected chi connectivity index (χ3v) is 5.27. The molecule has 0 saturated carbocycles. The molecule has 3 heterocycles. The van der Waals surface area contributed by atoms with E-state index >= 15 is 0 Å². The highest BCUT2D eigenvalue weighted by Gasteiger charge is 2.17. The molecule has 1 saturated heterocycles. The zero-order valence-corrected chi connectivity index (χ0v) is 15.8. The molecule has 0 unspecified atom stereocenters. The fourth-order valence-corrected chi connectivity index (χ4v) is 3.88. The van der Waals surface area contributed by atoms with E-state index in [1.165, 1.54) is 0 Å². The molecule has 2 N–H and O–H groups in total. The lowest BCUT2D eigenvalue weighted by atomic mass is 10.1. The molecule has 3 aromatic rings. The van der Waals surface area contributed by atoms with Crippen LogP contribution in [0.3, 0.4) is 0 Å². The van der Waals surface area contributed by atoms with Gasteiger partial charge in [0.2, 0.25) is 0 Å². The summed E-state index contributed by atoms with van der Waals surface area (Å²) < 4.78 is 7.54. The number of aryl methyl sites for hydroxylation is 1. The van der Waals surface area contributed by atoms with E-state index in [9.17, 15) is 5.26 Å². The summed E-state index contributed by atoms with van der Waals surface area (Å²) >= 11 is 0. The van der Waals surface area contributed by atoms with Gasteiger partial charge in [-0.15, -0.1) is 0 Å². The van der Waals surface area contributed by atoms with E-state index in [1.54, 1.807) is 4.90 Å². The Hall–Kier alpha value is -2.62. The second-order valence-electron chi connectivity index (χ2n) is 7.09. The SMILES string of the molecule is CCCc1cc(NCC[NH+]2CCOCC2)n2c(nc3ccccc32)c1C#N. The normalized spacial score (nSPS) is 15.3. The van der Waals surface area contributed by atoms with Crippen LogP contribution >= 0.6 is 0 Å². The number of para-hydroxylation sites is 2. The van der Waals surface area contributed by atoms with Gasteiger partial charge in [-0.2, -0.15) is 5.26 Å². The highest BCUT2D eigenvalue weighted by Crippen LogP contribution is 2.27. The van der Waals surface area contributed by atoms with Crippen LogP contribution in [0.1, 0.15) is 24.5 Å². The molecule has 0 bridgehead atoms. The maximum atomic E-state index is 9.77. The van der Waals surface area contributed by atoms with Crippen LogP contribution in [-0.4, -0.2) is 48.8 Å². The fourth-order valence-electron chi connectivity index (χ4n) is 3.88. The zero-order valence-electron chi connectivity index (χ0n) is 15.8. The van der Waals surface area contributed by atoms with Gasteiger partial charge in [-0.3, -0.25) is 4.40 Å². The highest BCUT2D eigenvalue weighted by atomic mass is 16.5. The number of pyridine rings is 1. The number of morpholine rings is 1. The van der Waals surface area contributed by atoms with Crippen LogP contribution in [-0.2, 0) is 11.2 Å². The fraction of sp³-hybridized carbons (Fsp3) is 0.429. The number of imidazole rings is 1. The topological polar surface area (TPSA) is 66.8 Å². The molecule has 2 aromatic heterocycles. The van der Waals surface area contributed by atoms with Gasteiger partial charge in [0.15, 0.2) is 5.65 Å². The Balaban J connectivity index is 1.72. The minimum atomic E-state index is 0.692. The molecular weight excluding hydrogens is 338 g/mol. The van der Waals surface area contributed by atoms with E-state index in [-0.39, 0.29) is 0 Å². The molecule has 0 aliphatic carbocycles. The quantitative estimate of drug-likeness (QED) is 0.698. The Bertz CT molecular complexity index is 982. The van der Waals surface area contributed by atoms with Gasteiger partial charge in [0, 0.05) is 0 Å². The number of nitrogens with zero attached hydrogens (tertiary/aromatic N) is 3. The number of anilines is 1. The van der Waals surface area contributed by atoms with Gasteiger partial charge in [-0.05, 0) is 30.2 Å². The largest absolute Gasteiger partial charge is 0.370 e. The average molecular weight is 364 g/mol. The smallest absolute Gasteiger partial charge is 0.157 e. The molecule has 6 nitrogen and oxygen atoms in total. The van der Waals surface area contributed by atoms with Crippen molar-refractivity contribution < 1.29 is 9.64 Å². The lowest BCUT2D eigenvalue weighted by Crippen LogP contribution is -3.14. The summed E-state index contributed by atoms with van der Waals surface area (Å²) in [5.41, 5.74) is 4.48. The molecule has 0 amide bonds. The number of rotatable bonds is 6. The van der Waals surface area contributed by atoms with Crippen LogP contribution < -0.4 is 10.2 Å². The second-order valence-corrected chi connectivity index (χ2v) is 7.09. The third kappa shape index (κ3) is 3.48. The Kier molecular flexibility index (Phi) is 5.23. The monoisotopic (exact) mass is 364 g/mol. The van der Waals surface area contributed by atoms with E-state index in [0.717, 1.165) is 80.3 Å². The first-order valence-electron chi connectivity index (χ1n) is 9.80. The molecule has 140 valence electrons. The Morgan fingerprint density at radius 1 is 1.30 bits per heavy atom. The minimum absolute atomic E-state index is 0.692. The minimum Gasteiger partial charge on any atom is -0.370 e.